The Hall–Kier alpha value is -0.340. The van der Waals surface area contributed by atoms with E-state index in [1.165, 1.54) is 0 Å². The molecule has 0 heterocycles. The number of halogens is 1. The first-order valence-corrected chi connectivity index (χ1v) is 4.30. The Morgan fingerprint density at radius 3 is 2.00 bits per heavy atom. The van der Waals surface area contributed by atoms with Gasteiger partial charge >= 0.3 is 0 Å². The van der Waals surface area contributed by atoms with Crippen molar-refractivity contribution in [2.45, 2.75) is 19.4 Å². The minimum atomic E-state index is -0.485. The maximum absolute atomic E-state index is 7.73. The lowest BCUT2D eigenvalue weighted by atomic mass is 9.96. The van der Waals surface area contributed by atoms with E-state index in [9.17, 15) is 0 Å². The largest absolute Gasteiger partial charge is 0.247 e. The lowest BCUT2D eigenvalue weighted by molar-refractivity contribution is 0.532. The van der Waals surface area contributed by atoms with Crippen molar-refractivity contribution in [3.63, 3.8) is 0 Å². The molecule has 0 unspecified atom stereocenters. The molecule has 0 atom stereocenters. The van der Waals surface area contributed by atoms with Crippen LogP contribution in [0.4, 0.5) is 0 Å². The molecule has 1 aromatic carbocycles. The Morgan fingerprint density at radius 2 is 1.64 bits per heavy atom. The van der Waals surface area contributed by atoms with E-state index in [0.717, 1.165) is 10.0 Å². The molecule has 0 saturated heterocycles. The molecule has 1 N–H and O–H groups in total. The molecule has 59 valence electrons. The van der Waals surface area contributed by atoms with Crippen molar-refractivity contribution in [1.82, 2.24) is 5.73 Å². The predicted octanol–water partition coefficient (Wildman–Crippen LogP) is 2.97. The van der Waals surface area contributed by atoms with Gasteiger partial charge < -0.3 is 0 Å². The van der Waals surface area contributed by atoms with E-state index in [4.69, 9.17) is 5.73 Å². The van der Waals surface area contributed by atoms with E-state index in [1.54, 1.807) is 0 Å². The monoisotopic (exact) mass is 212 g/mol. The van der Waals surface area contributed by atoms with Crippen LogP contribution >= 0.6 is 15.9 Å². The average molecular weight is 213 g/mol. The summed E-state index contributed by atoms with van der Waals surface area (Å²) in [6.07, 6.45) is 0. The molecule has 0 aliphatic rings. The third-order valence-electron chi connectivity index (χ3n) is 1.57. The van der Waals surface area contributed by atoms with Crippen molar-refractivity contribution < 1.29 is 0 Å². The van der Waals surface area contributed by atoms with Gasteiger partial charge in [-0.1, -0.05) is 28.1 Å². The topological polar surface area (TPSA) is 23.8 Å². The Kier molecular flexibility index (Phi) is 2.35. The van der Waals surface area contributed by atoms with E-state index < -0.39 is 5.54 Å². The molecule has 0 spiro atoms. The van der Waals surface area contributed by atoms with Gasteiger partial charge in [0.15, 0.2) is 0 Å². The summed E-state index contributed by atoms with van der Waals surface area (Å²) >= 11 is 3.35. The molecular weight excluding hydrogens is 202 g/mol. The van der Waals surface area contributed by atoms with Crippen molar-refractivity contribution in [3.05, 3.63) is 34.3 Å². The first kappa shape index (κ1) is 8.75. The molecule has 0 amide bonds. The van der Waals surface area contributed by atoms with Crippen LogP contribution in [-0.4, -0.2) is 0 Å². The van der Waals surface area contributed by atoms with Crippen LogP contribution in [0, 0.1) is 0 Å². The van der Waals surface area contributed by atoms with Crippen LogP contribution in [0.15, 0.2) is 28.7 Å². The van der Waals surface area contributed by atoms with Crippen molar-refractivity contribution in [3.8, 4) is 0 Å². The van der Waals surface area contributed by atoms with E-state index >= 15 is 0 Å². The maximum atomic E-state index is 7.73. The summed E-state index contributed by atoms with van der Waals surface area (Å²) in [5.74, 6) is 0. The van der Waals surface area contributed by atoms with Gasteiger partial charge in [0, 0.05) is 4.47 Å². The van der Waals surface area contributed by atoms with Gasteiger partial charge in [0.2, 0.25) is 0 Å². The molecule has 0 aliphatic carbocycles. The highest BCUT2D eigenvalue weighted by molar-refractivity contribution is 9.10. The first-order chi connectivity index (χ1) is 5.00. The average Bonchev–Trinajstić information content (AvgIpc) is 1.86. The third-order valence-corrected chi connectivity index (χ3v) is 2.09. The van der Waals surface area contributed by atoms with Gasteiger partial charge in [0.1, 0.15) is 0 Å². The summed E-state index contributed by atoms with van der Waals surface area (Å²) in [5, 5.41) is 0. The standard InChI is InChI=1S/C9H11BrN/c1-9(2,11)7-3-5-8(10)6-4-7/h3-6,11H,1-2H3. The highest BCUT2D eigenvalue weighted by Crippen LogP contribution is 2.20. The summed E-state index contributed by atoms with van der Waals surface area (Å²) in [6, 6.07) is 7.87. The lowest BCUT2D eigenvalue weighted by Crippen LogP contribution is -2.17. The summed E-state index contributed by atoms with van der Waals surface area (Å²) in [5.41, 5.74) is 8.28. The van der Waals surface area contributed by atoms with Gasteiger partial charge in [-0.3, -0.25) is 0 Å². The van der Waals surface area contributed by atoms with Gasteiger partial charge in [-0.15, -0.1) is 0 Å². The minimum absolute atomic E-state index is 0.485. The molecule has 0 fully saturated rings. The Morgan fingerprint density at radius 1 is 1.18 bits per heavy atom. The Labute approximate surface area is 75.7 Å². The van der Waals surface area contributed by atoms with Crippen LogP contribution < -0.4 is 5.73 Å². The van der Waals surface area contributed by atoms with Crippen LogP contribution in [0.2, 0.25) is 0 Å². The van der Waals surface area contributed by atoms with E-state index in [2.05, 4.69) is 15.9 Å². The summed E-state index contributed by atoms with van der Waals surface area (Å²) in [7, 11) is 0. The zero-order valence-corrected chi connectivity index (χ0v) is 8.27. The number of nitrogens with one attached hydrogen (secondary N) is 1. The fourth-order valence-corrected chi connectivity index (χ4v) is 1.13. The molecule has 2 heteroatoms. The number of hydrogen-bond acceptors (Lipinski definition) is 0. The highest BCUT2D eigenvalue weighted by atomic mass is 79.9. The quantitative estimate of drug-likeness (QED) is 0.684. The van der Waals surface area contributed by atoms with Gasteiger partial charge in [-0.25, -0.2) is 5.73 Å². The van der Waals surface area contributed by atoms with E-state index in [1.807, 2.05) is 38.1 Å². The van der Waals surface area contributed by atoms with Crippen molar-refractivity contribution in [2.24, 2.45) is 0 Å². The van der Waals surface area contributed by atoms with E-state index in [-0.39, 0.29) is 0 Å². The normalized spacial score (nSPS) is 11.6. The van der Waals surface area contributed by atoms with Crippen LogP contribution in [0.3, 0.4) is 0 Å². The van der Waals surface area contributed by atoms with Crippen LogP contribution in [0.5, 0.6) is 0 Å². The molecule has 1 nitrogen and oxygen atoms in total. The molecule has 0 aliphatic heterocycles. The SMILES string of the molecule is CC(C)([NH])c1ccc(Br)cc1. The van der Waals surface area contributed by atoms with Gasteiger partial charge in [-0.2, -0.15) is 0 Å². The van der Waals surface area contributed by atoms with Gasteiger partial charge in [-0.05, 0) is 31.5 Å². The third kappa shape index (κ3) is 2.31. The molecule has 0 bridgehead atoms. The zero-order valence-electron chi connectivity index (χ0n) is 6.69. The number of benzene rings is 1. The second-order valence-corrected chi connectivity index (χ2v) is 4.05. The highest BCUT2D eigenvalue weighted by Gasteiger charge is 2.13. The van der Waals surface area contributed by atoms with Gasteiger partial charge in [0.05, 0.1) is 5.54 Å². The van der Waals surface area contributed by atoms with Crippen molar-refractivity contribution in [2.75, 3.05) is 0 Å². The molecule has 0 saturated carbocycles. The fourth-order valence-electron chi connectivity index (χ4n) is 0.867. The zero-order chi connectivity index (χ0) is 8.48. The molecule has 1 radical (unpaired) electrons. The van der Waals surface area contributed by atoms with Crippen LogP contribution in [0.1, 0.15) is 19.4 Å². The second kappa shape index (κ2) is 2.95. The Bertz CT molecular complexity index is 233. The molecule has 1 rings (SSSR count). The maximum Gasteiger partial charge on any atom is 0.0516 e. The predicted molar refractivity (Wildman–Crippen MR) is 50.3 cm³/mol. The first-order valence-electron chi connectivity index (χ1n) is 3.51. The molecule has 1 aromatic rings. The number of hydrogen-bond donors (Lipinski definition) is 0. The fraction of sp³-hybridized carbons (Fsp3) is 0.333. The van der Waals surface area contributed by atoms with Crippen LogP contribution in [0.25, 0.3) is 0 Å². The van der Waals surface area contributed by atoms with E-state index in [0.29, 0.717) is 0 Å². The summed E-state index contributed by atoms with van der Waals surface area (Å²) in [6.45, 7) is 3.77. The Balaban J connectivity index is 2.99. The lowest BCUT2D eigenvalue weighted by Gasteiger charge is -2.17. The molecule has 0 aromatic heterocycles. The molecule has 11 heavy (non-hydrogen) atoms. The van der Waals surface area contributed by atoms with Crippen LogP contribution in [-0.2, 0) is 5.54 Å². The van der Waals surface area contributed by atoms with Crippen molar-refractivity contribution in [1.29, 1.82) is 0 Å². The second-order valence-electron chi connectivity index (χ2n) is 3.13. The number of rotatable bonds is 1. The van der Waals surface area contributed by atoms with Crippen molar-refractivity contribution >= 4 is 15.9 Å². The molecular formula is C9H11BrN. The smallest absolute Gasteiger partial charge is 0.0516 e. The minimum Gasteiger partial charge on any atom is -0.247 e. The summed E-state index contributed by atoms with van der Waals surface area (Å²) < 4.78 is 1.06. The van der Waals surface area contributed by atoms with Gasteiger partial charge in [0.25, 0.3) is 0 Å². The summed E-state index contributed by atoms with van der Waals surface area (Å²) in [4.78, 5) is 0.